The first-order valence-corrected chi connectivity index (χ1v) is 22.6. The van der Waals surface area contributed by atoms with Crippen LogP contribution in [0.1, 0.15) is 178 Å². The lowest BCUT2D eigenvalue weighted by Gasteiger charge is -2.40. The van der Waals surface area contributed by atoms with Gasteiger partial charge in [0.15, 0.2) is 11.6 Å². The Bertz CT molecular complexity index is 1510. The van der Waals surface area contributed by atoms with Gasteiger partial charge in [-0.15, -0.1) is 0 Å². The lowest BCUT2D eigenvalue weighted by atomic mass is 9.75. The fourth-order valence-electron chi connectivity index (χ4n) is 9.53. The summed E-state index contributed by atoms with van der Waals surface area (Å²) in [6.45, 7) is 9.17. The Balaban J connectivity index is 1.25. The van der Waals surface area contributed by atoms with Gasteiger partial charge < -0.3 is 4.74 Å². The first-order valence-electron chi connectivity index (χ1n) is 22.6. The van der Waals surface area contributed by atoms with Gasteiger partial charge in [-0.2, -0.15) is 0 Å². The van der Waals surface area contributed by atoms with Crippen molar-refractivity contribution < 1.29 is 4.74 Å². The molecule has 2 fully saturated rings. The van der Waals surface area contributed by atoms with Gasteiger partial charge in [0, 0.05) is 35.9 Å². The Morgan fingerprint density at radius 2 is 0.836 bits per heavy atom. The summed E-state index contributed by atoms with van der Waals surface area (Å²) in [5, 5.41) is 0. The monoisotopic (exact) mass is 743 g/mol. The molecule has 6 rings (SSSR count). The summed E-state index contributed by atoms with van der Waals surface area (Å²) < 4.78 is 7.65. The number of aromatic nitrogens is 4. The molecular weight excluding hydrogens is 673 g/mol. The zero-order valence-electron chi connectivity index (χ0n) is 34.7. The van der Waals surface area contributed by atoms with E-state index in [-0.39, 0.29) is 12.2 Å². The second-order valence-electron chi connectivity index (χ2n) is 17.1. The predicted molar refractivity (Wildman–Crippen MR) is 229 cm³/mol. The van der Waals surface area contributed by atoms with Crippen LogP contribution in [0.3, 0.4) is 0 Å². The summed E-state index contributed by atoms with van der Waals surface area (Å²) in [7, 11) is 0. The number of unbranched alkanes of at least 4 members (excludes halogenated alkanes) is 4. The highest BCUT2D eigenvalue weighted by molar-refractivity contribution is 5.56. The van der Waals surface area contributed by atoms with Crippen molar-refractivity contribution in [1.82, 2.24) is 19.9 Å². The van der Waals surface area contributed by atoms with Gasteiger partial charge >= 0.3 is 0 Å². The lowest BCUT2D eigenvalue weighted by molar-refractivity contribution is -0.0907. The van der Waals surface area contributed by atoms with Gasteiger partial charge in [-0.1, -0.05) is 153 Å². The van der Waals surface area contributed by atoms with Crippen LogP contribution in [-0.2, 0) is 17.6 Å². The van der Waals surface area contributed by atoms with E-state index in [1.165, 1.54) is 138 Å². The van der Waals surface area contributed by atoms with Crippen LogP contribution < -0.4 is 0 Å². The fraction of sp³-hybridized carbons (Fsp3) is 0.600. The minimum Gasteiger partial charge on any atom is -0.365 e. The normalized spacial score (nSPS) is 21.3. The molecule has 2 aromatic carbocycles. The number of rotatable bonds is 20. The van der Waals surface area contributed by atoms with Crippen molar-refractivity contribution in [2.75, 3.05) is 0 Å². The zero-order valence-corrected chi connectivity index (χ0v) is 34.7. The fourth-order valence-corrected chi connectivity index (χ4v) is 9.53. The van der Waals surface area contributed by atoms with Gasteiger partial charge in [-0.3, -0.25) is 0 Å². The third kappa shape index (κ3) is 11.8. The molecule has 2 aliphatic carbocycles. The number of ether oxygens (including phenoxy) is 1. The average Bonchev–Trinajstić information content (AvgIpc) is 3.23. The molecule has 2 aromatic heterocycles. The van der Waals surface area contributed by atoms with Crippen molar-refractivity contribution in [1.29, 1.82) is 0 Å². The van der Waals surface area contributed by atoms with Gasteiger partial charge in [-0.05, 0) is 97.3 Å². The summed E-state index contributed by atoms with van der Waals surface area (Å²) in [5.74, 6) is 4.35. The smallest absolute Gasteiger partial charge is 0.159 e. The van der Waals surface area contributed by atoms with Crippen LogP contribution >= 0.6 is 0 Å². The summed E-state index contributed by atoms with van der Waals surface area (Å²) in [5.41, 5.74) is 7.21. The Morgan fingerprint density at radius 1 is 0.473 bits per heavy atom. The highest BCUT2D eigenvalue weighted by Crippen LogP contribution is 2.47. The summed E-state index contributed by atoms with van der Waals surface area (Å²) in [6, 6.07) is 18.2. The maximum atomic E-state index is 7.65. The van der Waals surface area contributed by atoms with Crippen molar-refractivity contribution in [3.63, 3.8) is 0 Å². The van der Waals surface area contributed by atoms with Crippen LogP contribution in [0, 0.1) is 23.7 Å². The van der Waals surface area contributed by atoms with Crippen molar-refractivity contribution in [3.05, 3.63) is 95.6 Å². The minimum absolute atomic E-state index is 0.0557. The van der Waals surface area contributed by atoms with E-state index in [0.717, 1.165) is 47.5 Å². The molecule has 5 heteroatoms. The number of hydrogen-bond donors (Lipinski definition) is 0. The second-order valence-corrected chi connectivity index (χ2v) is 17.1. The van der Waals surface area contributed by atoms with Gasteiger partial charge in [0.25, 0.3) is 0 Å². The summed E-state index contributed by atoms with van der Waals surface area (Å²) in [4.78, 5) is 19.1. The van der Waals surface area contributed by atoms with Gasteiger partial charge in [0.1, 0.15) is 0 Å². The van der Waals surface area contributed by atoms with E-state index in [0.29, 0.717) is 11.8 Å². The highest BCUT2D eigenvalue weighted by atomic mass is 16.5. The molecule has 0 N–H and O–H groups in total. The van der Waals surface area contributed by atoms with E-state index < -0.39 is 0 Å². The van der Waals surface area contributed by atoms with Crippen molar-refractivity contribution >= 4 is 0 Å². The topological polar surface area (TPSA) is 60.8 Å². The van der Waals surface area contributed by atoms with E-state index >= 15 is 0 Å². The Labute approximate surface area is 334 Å². The molecule has 2 aliphatic rings. The molecule has 2 atom stereocenters. The summed E-state index contributed by atoms with van der Waals surface area (Å²) >= 11 is 0. The van der Waals surface area contributed by atoms with Crippen LogP contribution in [-0.4, -0.2) is 19.9 Å². The molecule has 55 heavy (non-hydrogen) atoms. The van der Waals surface area contributed by atoms with E-state index in [1.807, 2.05) is 24.8 Å². The van der Waals surface area contributed by atoms with Gasteiger partial charge in [-0.25, -0.2) is 19.9 Å². The second kappa shape index (κ2) is 21.8. The van der Waals surface area contributed by atoms with Crippen LogP contribution in [0.5, 0.6) is 0 Å². The van der Waals surface area contributed by atoms with Crippen LogP contribution in [0.4, 0.5) is 0 Å². The van der Waals surface area contributed by atoms with E-state index in [4.69, 9.17) is 24.7 Å². The van der Waals surface area contributed by atoms with E-state index in [1.54, 1.807) is 0 Å². The molecule has 5 nitrogen and oxygen atoms in total. The molecule has 2 unspecified atom stereocenters. The van der Waals surface area contributed by atoms with Crippen molar-refractivity contribution in [2.24, 2.45) is 23.7 Å². The SMILES string of the molecule is CCCCCc1cnc(-c2ccc(C(OC(c3ccc(-c4ncc(CCCCC)cn4)cc3)C3CCC(CCC)CC3)C3CCC(CCC)CC3)cc2)nc1. The number of hydrogen-bond acceptors (Lipinski definition) is 5. The molecule has 2 heterocycles. The van der Waals surface area contributed by atoms with E-state index in [2.05, 4.69) is 76.2 Å². The van der Waals surface area contributed by atoms with Crippen LogP contribution in [0.15, 0.2) is 73.3 Å². The molecule has 2 saturated carbocycles. The Kier molecular flexibility index (Phi) is 16.3. The van der Waals surface area contributed by atoms with Gasteiger partial charge in [0.2, 0.25) is 0 Å². The third-order valence-electron chi connectivity index (χ3n) is 12.9. The lowest BCUT2D eigenvalue weighted by Crippen LogP contribution is -2.28. The van der Waals surface area contributed by atoms with Crippen LogP contribution in [0.25, 0.3) is 22.8 Å². The number of nitrogens with zero attached hydrogens (tertiary/aromatic N) is 4. The van der Waals surface area contributed by atoms with Gasteiger partial charge in [0.05, 0.1) is 12.2 Å². The van der Waals surface area contributed by atoms with Crippen molar-refractivity contribution in [3.8, 4) is 22.8 Å². The minimum atomic E-state index is 0.0557. The quantitative estimate of drug-likeness (QED) is 0.0844. The molecule has 0 aliphatic heterocycles. The Morgan fingerprint density at radius 3 is 1.16 bits per heavy atom. The standard InChI is InChI=1S/C50H70N4O/c1-5-9-11-15-39-33-51-49(52-34-39)45-29-25-43(26-30-45)47(41-21-17-37(13-7-3)18-22-41)55-48(42-23-19-38(14-8-4)20-24-42)44-27-31-46(32-28-44)50-53-35-40(36-54-50)16-12-10-6-2/h25-38,41-42,47-48H,5-24H2,1-4H3. The Hall–Kier alpha value is -3.44. The molecule has 0 saturated heterocycles. The molecule has 0 bridgehead atoms. The number of aryl methyl sites for hydroxylation is 2. The molecule has 0 amide bonds. The predicted octanol–water partition coefficient (Wildman–Crippen LogP) is 14.1. The number of benzene rings is 2. The largest absolute Gasteiger partial charge is 0.365 e. The maximum Gasteiger partial charge on any atom is 0.159 e. The molecule has 0 spiro atoms. The molecule has 296 valence electrons. The highest BCUT2D eigenvalue weighted by Gasteiger charge is 2.36. The summed E-state index contributed by atoms with van der Waals surface area (Å²) in [6.07, 6.45) is 33.1. The maximum absolute atomic E-state index is 7.65. The molecule has 4 aromatic rings. The zero-order chi connectivity index (χ0) is 38.2. The van der Waals surface area contributed by atoms with Crippen LogP contribution in [0.2, 0.25) is 0 Å². The molecular formula is C50H70N4O. The van der Waals surface area contributed by atoms with E-state index in [9.17, 15) is 0 Å². The third-order valence-corrected chi connectivity index (χ3v) is 12.9. The first kappa shape index (κ1) is 41.2. The van der Waals surface area contributed by atoms with Crippen molar-refractivity contribution in [2.45, 2.75) is 168 Å². The first-order chi connectivity index (χ1) is 27.1. The average molecular weight is 743 g/mol. The molecule has 0 radical (unpaired) electrons.